The first-order valence-electron chi connectivity index (χ1n) is 6.21. The summed E-state index contributed by atoms with van der Waals surface area (Å²) in [6.45, 7) is 13.1. The number of hydrogen-bond acceptors (Lipinski definition) is 2. The highest BCUT2D eigenvalue weighted by Crippen LogP contribution is 2.23. The standard InChI is InChI=1S/C15H23NO/c1-6-12(4)17-15-9-8-14(10-11(15)3)13(5)16-7-2/h6,8-10,12-13,16H,1,7H2,2-5H3. The van der Waals surface area contributed by atoms with Crippen LogP contribution in [0.15, 0.2) is 30.9 Å². The van der Waals surface area contributed by atoms with E-state index in [1.165, 1.54) is 11.1 Å². The van der Waals surface area contributed by atoms with E-state index in [9.17, 15) is 0 Å². The molecule has 1 aromatic rings. The third kappa shape index (κ3) is 3.90. The van der Waals surface area contributed by atoms with Crippen molar-refractivity contribution in [1.29, 1.82) is 0 Å². The predicted octanol–water partition coefficient (Wildman–Crippen LogP) is 3.62. The Kier molecular flexibility index (Phi) is 5.23. The average molecular weight is 233 g/mol. The zero-order chi connectivity index (χ0) is 12.8. The highest BCUT2D eigenvalue weighted by atomic mass is 16.5. The highest BCUT2D eigenvalue weighted by Gasteiger charge is 2.08. The lowest BCUT2D eigenvalue weighted by Crippen LogP contribution is -2.17. The van der Waals surface area contributed by atoms with E-state index in [-0.39, 0.29) is 6.10 Å². The number of ether oxygens (including phenoxy) is 1. The van der Waals surface area contributed by atoms with Gasteiger partial charge in [-0.2, -0.15) is 0 Å². The van der Waals surface area contributed by atoms with Gasteiger partial charge in [-0.1, -0.05) is 31.7 Å². The van der Waals surface area contributed by atoms with Gasteiger partial charge in [-0.15, -0.1) is 0 Å². The lowest BCUT2D eigenvalue weighted by Gasteiger charge is -2.17. The monoisotopic (exact) mass is 233 g/mol. The lowest BCUT2D eigenvalue weighted by atomic mass is 10.0. The number of rotatable bonds is 6. The van der Waals surface area contributed by atoms with Crippen molar-refractivity contribution in [2.45, 2.75) is 39.8 Å². The van der Waals surface area contributed by atoms with Crippen molar-refractivity contribution in [3.05, 3.63) is 42.0 Å². The number of nitrogens with one attached hydrogen (secondary N) is 1. The average Bonchev–Trinajstić information content (AvgIpc) is 2.31. The highest BCUT2D eigenvalue weighted by molar-refractivity contribution is 5.37. The quantitative estimate of drug-likeness (QED) is 0.758. The normalized spacial score (nSPS) is 14.1. The van der Waals surface area contributed by atoms with Gasteiger partial charge in [0, 0.05) is 6.04 Å². The molecule has 0 aliphatic rings. The van der Waals surface area contributed by atoms with Crippen molar-refractivity contribution in [2.75, 3.05) is 6.54 Å². The largest absolute Gasteiger partial charge is 0.486 e. The van der Waals surface area contributed by atoms with Gasteiger partial charge in [-0.05, 0) is 44.5 Å². The van der Waals surface area contributed by atoms with E-state index in [1.54, 1.807) is 6.08 Å². The van der Waals surface area contributed by atoms with Crippen molar-refractivity contribution in [2.24, 2.45) is 0 Å². The van der Waals surface area contributed by atoms with Crippen LogP contribution in [0.1, 0.15) is 37.9 Å². The molecule has 0 amide bonds. The summed E-state index contributed by atoms with van der Waals surface area (Å²) < 4.78 is 5.75. The van der Waals surface area contributed by atoms with Crippen molar-refractivity contribution in [3.8, 4) is 5.75 Å². The van der Waals surface area contributed by atoms with Crippen LogP contribution in [-0.4, -0.2) is 12.6 Å². The van der Waals surface area contributed by atoms with Crippen LogP contribution in [0.5, 0.6) is 5.75 Å². The molecule has 1 aromatic carbocycles. The molecule has 0 heterocycles. The van der Waals surface area contributed by atoms with Gasteiger partial charge in [0.1, 0.15) is 11.9 Å². The summed E-state index contributed by atoms with van der Waals surface area (Å²) in [4.78, 5) is 0. The topological polar surface area (TPSA) is 21.3 Å². The van der Waals surface area contributed by atoms with Crippen LogP contribution in [0, 0.1) is 6.92 Å². The van der Waals surface area contributed by atoms with Crippen LogP contribution in [0.2, 0.25) is 0 Å². The summed E-state index contributed by atoms with van der Waals surface area (Å²) in [5, 5.41) is 3.40. The summed E-state index contributed by atoms with van der Waals surface area (Å²) in [5.41, 5.74) is 2.46. The molecule has 0 radical (unpaired) electrons. The maximum Gasteiger partial charge on any atom is 0.123 e. The molecule has 0 bridgehead atoms. The Balaban J connectivity index is 2.82. The van der Waals surface area contributed by atoms with Crippen LogP contribution in [0.3, 0.4) is 0 Å². The molecule has 0 saturated heterocycles. The van der Waals surface area contributed by atoms with Gasteiger partial charge in [0.05, 0.1) is 0 Å². The summed E-state index contributed by atoms with van der Waals surface area (Å²) in [5.74, 6) is 0.935. The molecule has 2 nitrogen and oxygen atoms in total. The predicted molar refractivity (Wildman–Crippen MR) is 73.6 cm³/mol. The molecule has 0 fully saturated rings. The zero-order valence-corrected chi connectivity index (χ0v) is 11.3. The number of hydrogen-bond donors (Lipinski definition) is 1. The van der Waals surface area contributed by atoms with E-state index in [2.05, 4.69) is 44.8 Å². The summed E-state index contributed by atoms with van der Waals surface area (Å²) in [6, 6.07) is 6.71. The minimum Gasteiger partial charge on any atom is -0.486 e. The minimum atomic E-state index is 0.0470. The summed E-state index contributed by atoms with van der Waals surface area (Å²) in [6.07, 6.45) is 1.85. The first-order valence-corrected chi connectivity index (χ1v) is 6.21. The fourth-order valence-electron chi connectivity index (χ4n) is 1.75. The van der Waals surface area contributed by atoms with E-state index < -0.39 is 0 Å². The molecule has 94 valence electrons. The smallest absolute Gasteiger partial charge is 0.123 e. The Labute approximate surface area is 105 Å². The van der Waals surface area contributed by atoms with E-state index in [0.29, 0.717) is 6.04 Å². The van der Waals surface area contributed by atoms with Gasteiger partial charge in [0.15, 0.2) is 0 Å². The molecule has 2 heteroatoms. The first kappa shape index (κ1) is 13.8. The van der Waals surface area contributed by atoms with E-state index in [1.807, 2.05) is 13.0 Å². The molecule has 1 rings (SSSR count). The van der Waals surface area contributed by atoms with Crippen molar-refractivity contribution < 1.29 is 4.74 Å². The van der Waals surface area contributed by atoms with E-state index in [4.69, 9.17) is 4.74 Å². The van der Waals surface area contributed by atoms with Crippen LogP contribution in [0.25, 0.3) is 0 Å². The molecule has 0 aliphatic carbocycles. The number of benzene rings is 1. The third-order valence-electron chi connectivity index (χ3n) is 2.85. The van der Waals surface area contributed by atoms with Crippen molar-refractivity contribution in [1.82, 2.24) is 5.32 Å². The fourth-order valence-corrected chi connectivity index (χ4v) is 1.75. The van der Waals surface area contributed by atoms with Crippen LogP contribution in [-0.2, 0) is 0 Å². The maximum absolute atomic E-state index is 5.75. The molecule has 17 heavy (non-hydrogen) atoms. The summed E-state index contributed by atoms with van der Waals surface area (Å²) >= 11 is 0. The molecule has 0 spiro atoms. The Morgan fingerprint density at radius 2 is 2.12 bits per heavy atom. The lowest BCUT2D eigenvalue weighted by molar-refractivity contribution is 0.268. The van der Waals surface area contributed by atoms with E-state index in [0.717, 1.165) is 12.3 Å². The Hall–Kier alpha value is -1.28. The molecule has 2 atom stereocenters. The molecule has 1 N–H and O–H groups in total. The van der Waals surface area contributed by atoms with Gasteiger partial charge in [-0.3, -0.25) is 0 Å². The summed E-state index contributed by atoms with van der Waals surface area (Å²) in [7, 11) is 0. The van der Waals surface area contributed by atoms with Crippen LogP contribution < -0.4 is 10.1 Å². The van der Waals surface area contributed by atoms with Crippen LogP contribution >= 0.6 is 0 Å². The van der Waals surface area contributed by atoms with E-state index >= 15 is 0 Å². The van der Waals surface area contributed by atoms with Gasteiger partial charge in [0.2, 0.25) is 0 Å². The zero-order valence-electron chi connectivity index (χ0n) is 11.3. The molecular formula is C15H23NO. The maximum atomic E-state index is 5.75. The number of aryl methyl sites for hydroxylation is 1. The molecule has 2 unspecified atom stereocenters. The Bertz CT molecular complexity index is 373. The second kappa shape index (κ2) is 6.45. The Morgan fingerprint density at radius 1 is 1.41 bits per heavy atom. The van der Waals surface area contributed by atoms with Gasteiger partial charge in [0.25, 0.3) is 0 Å². The molecule has 0 aliphatic heterocycles. The SMILES string of the molecule is C=CC(C)Oc1ccc(C(C)NCC)cc1C. The second-order valence-electron chi connectivity index (χ2n) is 4.36. The molecular weight excluding hydrogens is 210 g/mol. The van der Waals surface area contributed by atoms with Gasteiger partial charge < -0.3 is 10.1 Å². The van der Waals surface area contributed by atoms with Crippen LogP contribution in [0.4, 0.5) is 0 Å². The first-order chi connectivity index (χ1) is 8.08. The van der Waals surface area contributed by atoms with Gasteiger partial charge >= 0.3 is 0 Å². The molecule has 0 aromatic heterocycles. The van der Waals surface area contributed by atoms with Crippen molar-refractivity contribution >= 4 is 0 Å². The third-order valence-corrected chi connectivity index (χ3v) is 2.85. The fraction of sp³-hybridized carbons (Fsp3) is 0.467. The molecule has 0 saturated carbocycles. The minimum absolute atomic E-state index is 0.0470. The Morgan fingerprint density at radius 3 is 2.65 bits per heavy atom. The second-order valence-corrected chi connectivity index (χ2v) is 4.36. The van der Waals surface area contributed by atoms with Gasteiger partial charge in [-0.25, -0.2) is 0 Å². The van der Waals surface area contributed by atoms with Crippen molar-refractivity contribution in [3.63, 3.8) is 0 Å².